The van der Waals surface area contributed by atoms with E-state index in [0.29, 0.717) is 42.9 Å². The molecule has 1 aliphatic heterocycles. The van der Waals surface area contributed by atoms with Crippen molar-refractivity contribution in [2.75, 3.05) is 47.5 Å². The first-order chi connectivity index (χ1) is 24.8. The number of esters is 3. The van der Waals surface area contributed by atoms with Crippen molar-refractivity contribution in [3.63, 3.8) is 0 Å². The zero-order valence-corrected chi connectivity index (χ0v) is 29.9. The molecule has 0 unspecified atom stereocenters. The van der Waals surface area contributed by atoms with Gasteiger partial charge in [-0.15, -0.1) is 0 Å². The van der Waals surface area contributed by atoms with Crippen molar-refractivity contribution in [3.05, 3.63) is 136 Å². The minimum Gasteiger partial charge on any atom is -0.465 e. The molecule has 0 amide bonds. The summed E-state index contributed by atoms with van der Waals surface area (Å²) in [5, 5.41) is 0. The zero-order chi connectivity index (χ0) is 36.0. The normalized spacial score (nSPS) is 15.3. The molecule has 1 aromatic heterocycles. The predicted octanol–water partition coefficient (Wildman–Crippen LogP) is 6.13. The molecule has 0 saturated carbocycles. The Morgan fingerprint density at radius 2 is 0.863 bits per heavy atom. The molecule has 268 valence electrons. The number of aromatic nitrogens is 1. The largest absolute Gasteiger partial charge is 0.465 e. The van der Waals surface area contributed by atoms with Crippen LogP contribution in [0.1, 0.15) is 78.4 Å². The Balaban J connectivity index is 1.40. The molecule has 0 N–H and O–H groups in total. The summed E-state index contributed by atoms with van der Waals surface area (Å²) in [5.74, 6) is -1.03. The first kappa shape index (κ1) is 37.4. The van der Waals surface area contributed by atoms with Crippen LogP contribution < -0.4 is 0 Å². The molecule has 0 radical (unpaired) electrons. The van der Waals surface area contributed by atoms with E-state index in [2.05, 4.69) is 39.0 Å². The van der Waals surface area contributed by atoms with E-state index in [-0.39, 0.29) is 17.9 Å². The molecule has 4 aromatic rings. The number of nitrogens with zero attached hydrogens (tertiary/aromatic N) is 4. The lowest BCUT2D eigenvalue weighted by Gasteiger charge is -2.26. The highest BCUT2D eigenvalue weighted by molar-refractivity contribution is 5.90. The lowest BCUT2D eigenvalue weighted by atomic mass is 10.1. The minimum absolute atomic E-state index is 0.338. The quantitative estimate of drug-likeness (QED) is 0.150. The highest BCUT2D eigenvalue weighted by atomic mass is 16.5. The third-order valence-electron chi connectivity index (χ3n) is 9.05. The summed E-state index contributed by atoms with van der Waals surface area (Å²) in [6.07, 6.45) is 2.90. The van der Waals surface area contributed by atoms with Crippen LogP contribution in [0.2, 0.25) is 0 Å². The van der Waals surface area contributed by atoms with Gasteiger partial charge in [0.25, 0.3) is 0 Å². The number of methoxy groups -OCH3 is 3. The van der Waals surface area contributed by atoms with E-state index in [9.17, 15) is 14.4 Å². The Labute approximate surface area is 300 Å². The zero-order valence-electron chi connectivity index (χ0n) is 29.9. The number of hydrogen-bond acceptors (Lipinski definition) is 10. The molecule has 3 aromatic carbocycles. The minimum atomic E-state index is -0.350. The van der Waals surface area contributed by atoms with Gasteiger partial charge in [0.2, 0.25) is 0 Å². The average molecular weight is 693 g/mol. The number of carbonyl (C=O) groups is 3. The van der Waals surface area contributed by atoms with Gasteiger partial charge in [-0.2, -0.15) is 0 Å². The van der Waals surface area contributed by atoms with E-state index in [1.807, 2.05) is 48.5 Å². The van der Waals surface area contributed by atoms with Crippen LogP contribution in [0, 0.1) is 0 Å². The summed E-state index contributed by atoms with van der Waals surface area (Å²) in [5.41, 5.74) is 6.74. The fourth-order valence-corrected chi connectivity index (χ4v) is 6.57. The van der Waals surface area contributed by atoms with Crippen molar-refractivity contribution >= 4 is 17.9 Å². The summed E-state index contributed by atoms with van der Waals surface area (Å²) in [6.45, 7) is 6.83. The molecular weight excluding hydrogens is 644 g/mol. The second-order valence-electron chi connectivity index (χ2n) is 13.0. The maximum Gasteiger partial charge on any atom is 0.337 e. The number of carbonyl (C=O) groups excluding carboxylic acids is 3. The molecule has 1 aliphatic rings. The van der Waals surface area contributed by atoms with Crippen LogP contribution in [0.3, 0.4) is 0 Å². The van der Waals surface area contributed by atoms with Gasteiger partial charge in [-0.3, -0.25) is 19.7 Å². The smallest absolute Gasteiger partial charge is 0.337 e. The highest BCUT2D eigenvalue weighted by Crippen LogP contribution is 2.18. The summed E-state index contributed by atoms with van der Waals surface area (Å²) in [7, 11) is 4.20. The number of ether oxygens (including phenoxy) is 3. The Bertz CT molecular complexity index is 1780. The Kier molecular flexibility index (Phi) is 13.9. The van der Waals surface area contributed by atoms with Gasteiger partial charge in [-0.1, -0.05) is 42.5 Å². The molecule has 0 spiro atoms. The van der Waals surface area contributed by atoms with Gasteiger partial charge in [-0.05, 0) is 104 Å². The lowest BCUT2D eigenvalue weighted by molar-refractivity contribution is 0.0591. The van der Waals surface area contributed by atoms with Gasteiger partial charge in [-0.25, -0.2) is 14.4 Å². The Morgan fingerprint density at radius 1 is 0.510 bits per heavy atom. The molecule has 0 fully saturated rings. The van der Waals surface area contributed by atoms with E-state index in [1.54, 1.807) is 18.2 Å². The Hall–Kier alpha value is -4.90. The number of benzene rings is 3. The molecule has 5 rings (SSSR count). The molecule has 2 heterocycles. The van der Waals surface area contributed by atoms with Crippen LogP contribution in [0.15, 0.2) is 91.0 Å². The van der Waals surface area contributed by atoms with Crippen LogP contribution in [-0.4, -0.2) is 85.1 Å². The maximum absolute atomic E-state index is 12.3. The molecule has 0 atom stereocenters. The van der Waals surface area contributed by atoms with Crippen molar-refractivity contribution in [3.8, 4) is 0 Å². The van der Waals surface area contributed by atoms with Gasteiger partial charge >= 0.3 is 17.9 Å². The van der Waals surface area contributed by atoms with Gasteiger partial charge in [0, 0.05) is 39.3 Å². The van der Waals surface area contributed by atoms with E-state index in [1.165, 1.54) is 21.3 Å². The molecule has 2 bridgehead atoms. The number of fused-ring (bicyclic) bond motifs is 2. The van der Waals surface area contributed by atoms with Gasteiger partial charge in [0.15, 0.2) is 0 Å². The van der Waals surface area contributed by atoms with E-state index in [4.69, 9.17) is 19.2 Å². The van der Waals surface area contributed by atoms with Crippen LogP contribution in [0.25, 0.3) is 0 Å². The van der Waals surface area contributed by atoms with Crippen molar-refractivity contribution in [2.24, 2.45) is 0 Å². The van der Waals surface area contributed by atoms with Gasteiger partial charge in [0.05, 0.1) is 49.4 Å². The van der Waals surface area contributed by atoms with E-state index in [0.717, 1.165) is 80.1 Å². The maximum atomic E-state index is 12.3. The van der Waals surface area contributed by atoms with Gasteiger partial charge < -0.3 is 14.2 Å². The fraction of sp³-hybridized carbons (Fsp3) is 0.366. The van der Waals surface area contributed by atoms with Crippen LogP contribution >= 0.6 is 0 Å². The summed E-state index contributed by atoms with van der Waals surface area (Å²) in [6, 6.07) is 29.1. The monoisotopic (exact) mass is 692 g/mol. The van der Waals surface area contributed by atoms with Crippen LogP contribution in [0.5, 0.6) is 0 Å². The topological polar surface area (TPSA) is 102 Å². The average Bonchev–Trinajstić information content (AvgIpc) is 3.15. The molecule has 10 nitrogen and oxygen atoms in total. The van der Waals surface area contributed by atoms with Crippen molar-refractivity contribution in [2.45, 2.75) is 52.0 Å². The summed E-state index contributed by atoms with van der Waals surface area (Å²) in [4.78, 5) is 49.1. The highest BCUT2D eigenvalue weighted by Gasteiger charge is 2.17. The fourth-order valence-electron chi connectivity index (χ4n) is 6.57. The summed E-state index contributed by atoms with van der Waals surface area (Å²) >= 11 is 0. The standard InChI is InChI=1S/C41H48N4O6/c1-49-39(46)34-14-6-11-31(23-34)26-43-19-4-5-20-44(27-32-12-7-15-35(24-32)40(47)50-2)29-37-17-9-18-38(42-37)30-45(22-10-21-43)28-33-13-8-16-36(25-33)41(48)51-3/h6-9,11-18,23-25H,4-5,10,19-22,26-30H2,1-3H3. The first-order valence-electron chi connectivity index (χ1n) is 17.5. The number of rotatable bonds is 9. The second kappa shape index (κ2) is 18.9. The summed E-state index contributed by atoms with van der Waals surface area (Å²) < 4.78 is 14.9. The SMILES string of the molecule is COC(=O)c1cccc(CN2CCCCN(Cc3cccc(C(=O)OC)c3)Cc3cccc(n3)CN(Cc3cccc(C(=O)OC)c3)CCC2)c1. The van der Waals surface area contributed by atoms with Gasteiger partial charge in [0.1, 0.15) is 0 Å². The van der Waals surface area contributed by atoms with E-state index < -0.39 is 0 Å². The van der Waals surface area contributed by atoms with Crippen molar-refractivity contribution in [1.82, 2.24) is 19.7 Å². The molecule has 0 saturated heterocycles. The first-order valence-corrected chi connectivity index (χ1v) is 17.5. The Morgan fingerprint density at radius 3 is 1.29 bits per heavy atom. The second-order valence-corrected chi connectivity index (χ2v) is 13.0. The predicted molar refractivity (Wildman–Crippen MR) is 195 cm³/mol. The molecule has 51 heavy (non-hydrogen) atoms. The van der Waals surface area contributed by atoms with Crippen LogP contribution in [0.4, 0.5) is 0 Å². The lowest BCUT2D eigenvalue weighted by Crippen LogP contribution is -2.31. The van der Waals surface area contributed by atoms with Crippen LogP contribution in [-0.2, 0) is 46.9 Å². The molecule has 10 heteroatoms. The molecule has 0 aliphatic carbocycles. The van der Waals surface area contributed by atoms with E-state index >= 15 is 0 Å². The van der Waals surface area contributed by atoms with Crippen molar-refractivity contribution in [1.29, 1.82) is 0 Å². The van der Waals surface area contributed by atoms with Crippen molar-refractivity contribution < 1.29 is 28.6 Å². The number of pyridine rings is 1. The molecular formula is C41H48N4O6. The number of hydrogen-bond donors (Lipinski definition) is 0. The third kappa shape index (κ3) is 11.3. The third-order valence-corrected chi connectivity index (χ3v) is 9.05.